The first-order valence-corrected chi connectivity index (χ1v) is 11.2. The smallest absolute Gasteiger partial charge is 0.171 e. The van der Waals surface area contributed by atoms with Gasteiger partial charge in [-0.2, -0.15) is 0 Å². The largest absolute Gasteiger partial charge is 0.495 e. The first kappa shape index (κ1) is 21.2. The number of halogens is 1. The number of nitrogens with zero attached hydrogens (tertiary/aromatic N) is 4. The molecule has 170 valence electrons. The normalized spacial score (nSPS) is 19.5. The van der Waals surface area contributed by atoms with E-state index in [-0.39, 0.29) is 11.9 Å². The Hall–Kier alpha value is -3.61. The number of methoxy groups -OCH3 is 1. The van der Waals surface area contributed by atoms with Crippen LogP contribution in [0.15, 0.2) is 65.7 Å². The average Bonchev–Trinajstić information content (AvgIpc) is 3.14. The van der Waals surface area contributed by atoms with Crippen LogP contribution in [0.3, 0.4) is 0 Å². The summed E-state index contributed by atoms with van der Waals surface area (Å²) in [5.41, 5.74) is 5.04. The molecule has 33 heavy (non-hydrogen) atoms. The van der Waals surface area contributed by atoms with Gasteiger partial charge < -0.3 is 19.0 Å². The summed E-state index contributed by atoms with van der Waals surface area (Å²) in [5.74, 6) is 1.43. The quantitative estimate of drug-likeness (QED) is 0.547. The lowest BCUT2D eigenvalue weighted by atomic mass is 9.99. The Morgan fingerprint density at radius 1 is 1.15 bits per heavy atom. The van der Waals surface area contributed by atoms with E-state index in [0.717, 1.165) is 72.0 Å². The maximum atomic E-state index is 13.3. The Kier molecular flexibility index (Phi) is 5.86. The highest BCUT2D eigenvalue weighted by atomic mass is 19.1. The molecule has 0 saturated carbocycles. The van der Waals surface area contributed by atoms with E-state index in [1.807, 2.05) is 29.8 Å². The first-order chi connectivity index (χ1) is 16.1. The maximum absolute atomic E-state index is 13.3. The first-order valence-electron chi connectivity index (χ1n) is 11.2. The molecule has 0 spiro atoms. The topological polar surface area (TPSA) is 51.9 Å². The number of fused-ring (bicyclic) bond motifs is 1. The highest BCUT2D eigenvalue weighted by Crippen LogP contribution is 2.31. The van der Waals surface area contributed by atoms with Crippen LogP contribution in [0.1, 0.15) is 42.2 Å². The highest BCUT2D eigenvalue weighted by molar-refractivity contribution is 6.02. The molecule has 2 aromatic carbocycles. The number of benzene rings is 2. The van der Waals surface area contributed by atoms with Gasteiger partial charge >= 0.3 is 0 Å². The Morgan fingerprint density at radius 2 is 2.00 bits per heavy atom. The van der Waals surface area contributed by atoms with Crippen LogP contribution in [-0.2, 0) is 4.84 Å². The van der Waals surface area contributed by atoms with Crippen molar-refractivity contribution >= 4 is 11.9 Å². The van der Waals surface area contributed by atoms with Gasteiger partial charge in [0.2, 0.25) is 0 Å². The third-order valence-electron chi connectivity index (χ3n) is 6.16. The molecule has 0 radical (unpaired) electrons. The van der Waals surface area contributed by atoms with Gasteiger partial charge in [-0.05, 0) is 66.8 Å². The fraction of sp³-hybridized carbons (Fsp3) is 0.308. The standard InChI is InChI=1S/C26H27FN4O2/c1-18-16-31(17-28-18)23-10-5-19(15-25(23)32-2)14-21-4-3-12-30-13-11-24(33-29-26(21)30)20-6-8-22(27)9-7-20/h5-10,14-17,24H,3-4,11-13H2,1-2H3/b21-14+/t24-/m1/s1. The van der Waals surface area contributed by atoms with Crippen LogP contribution in [-0.4, -0.2) is 40.5 Å². The zero-order valence-electron chi connectivity index (χ0n) is 18.9. The van der Waals surface area contributed by atoms with E-state index in [4.69, 9.17) is 9.57 Å². The summed E-state index contributed by atoms with van der Waals surface area (Å²) in [6.07, 6.45) is 8.56. The Bertz CT molecular complexity index is 1200. The highest BCUT2D eigenvalue weighted by Gasteiger charge is 2.27. The molecular weight excluding hydrogens is 419 g/mol. The molecule has 1 fully saturated rings. The van der Waals surface area contributed by atoms with Crippen molar-refractivity contribution in [2.45, 2.75) is 32.3 Å². The van der Waals surface area contributed by atoms with Gasteiger partial charge in [0.05, 0.1) is 24.8 Å². The van der Waals surface area contributed by atoms with E-state index in [9.17, 15) is 4.39 Å². The number of imidazole rings is 1. The van der Waals surface area contributed by atoms with Crippen LogP contribution in [0.4, 0.5) is 4.39 Å². The maximum Gasteiger partial charge on any atom is 0.171 e. The summed E-state index contributed by atoms with van der Waals surface area (Å²) in [5, 5.41) is 4.55. The molecule has 0 amide bonds. The Balaban J connectivity index is 1.42. The van der Waals surface area contributed by atoms with Gasteiger partial charge in [0.15, 0.2) is 11.9 Å². The zero-order valence-corrected chi connectivity index (χ0v) is 18.9. The number of aryl methyl sites for hydroxylation is 1. The van der Waals surface area contributed by atoms with E-state index in [1.54, 1.807) is 25.6 Å². The lowest BCUT2D eigenvalue weighted by molar-refractivity contribution is 0.0576. The van der Waals surface area contributed by atoms with Gasteiger partial charge in [-0.15, -0.1) is 0 Å². The summed E-state index contributed by atoms with van der Waals surface area (Å²) in [4.78, 5) is 12.5. The minimum Gasteiger partial charge on any atom is -0.495 e. The number of amidine groups is 1. The van der Waals surface area contributed by atoms with Gasteiger partial charge in [-0.1, -0.05) is 23.4 Å². The van der Waals surface area contributed by atoms with E-state index in [0.29, 0.717) is 0 Å². The number of oxime groups is 1. The van der Waals surface area contributed by atoms with Crippen LogP contribution in [0, 0.1) is 12.7 Å². The lowest BCUT2D eigenvalue weighted by Gasteiger charge is -2.29. The summed E-state index contributed by atoms with van der Waals surface area (Å²) in [6, 6.07) is 12.7. The summed E-state index contributed by atoms with van der Waals surface area (Å²) < 4.78 is 20.9. The van der Waals surface area contributed by atoms with E-state index in [2.05, 4.69) is 27.2 Å². The van der Waals surface area contributed by atoms with Crippen molar-refractivity contribution in [3.05, 3.63) is 83.2 Å². The summed E-state index contributed by atoms with van der Waals surface area (Å²) >= 11 is 0. The average molecular weight is 447 g/mol. The van der Waals surface area contributed by atoms with Crippen molar-refractivity contribution in [2.24, 2.45) is 5.16 Å². The van der Waals surface area contributed by atoms with Crippen molar-refractivity contribution in [1.29, 1.82) is 0 Å². The van der Waals surface area contributed by atoms with Crippen LogP contribution in [0.25, 0.3) is 11.8 Å². The van der Waals surface area contributed by atoms with E-state index < -0.39 is 0 Å². The molecule has 1 saturated heterocycles. The predicted octanol–water partition coefficient (Wildman–Crippen LogP) is 5.28. The molecule has 3 heterocycles. The fourth-order valence-corrected chi connectivity index (χ4v) is 4.45. The van der Waals surface area contributed by atoms with Gasteiger partial charge in [0, 0.05) is 25.7 Å². The Labute approximate surface area is 192 Å². The van der Waals surface area contributed by atoms with Gasteiger partial charge in [-0.25, -0.2) is 9.37 Å². The molecule has 6 nitrogen and oxygen atoms in total. The van der Waals surface area contributed by atoms with Crippen molar-refractivity contribution in [2.75, 3.05) is 20.2 Å². The van der Waals surface area contributed by atoms with Crippen molar-refractivity contribution < 1.29 is 14.0 Å². The molecule has 7 heteroatoms. The minimum atomic E-state index is -0.244. The second-order valence-electron chi connectivity index (χ2n) is 8.46. The molecule has 1 atom stereocenters. The minimum absolute atomic E-state index is 0.178. The van der Waals surface area contributed by atoms with Gasteiger partial charge in [-0.3, -0.25) is 0 Å². The monoisotopic (exact) mass is 446 g/mol. The van der Waals surface area contributed by atoms with Crippen LogP contribution < -0.4 is 4.74 Å². The second-order valence-corrected chi connectivity index (χ2v) is 8.46. The third-order valence-corrected chi connectivity index (χ3v) is 6.16. The fourth-order valence-electron chi connectivity index (χ4n) is 4.45. The molecule has 0 N–H and O–H groups in total. The van der Waals surface area contributed by atoms with E-state index >= 15 is 0 Å². The number of rotatable bonds is 4. The van der Waals surface area contributed by atoms with E-state index in [1.165, 1.54) is 12.1 Å². The van der Waals surface area contributed by atoms with Crippen LogP contribution in [0.5, 0.6) is 5.75 Å². The molecular formula is C26H27FN4O2. The predicted molar refractivity (Wildman–Crippen MR) is 126 cm³/mol. The molecule has 2 aliphatic heterocycles. The zero-order chi connectivity index (χ0) is 22.8. The number of ether oxygens (including phenoxy) is 1. The number of hydrogen-bond acceptors (Lipinski definition) is 5. The molecule has 0 aliphatic carbocycles. The number of piperidine rings is 1. The molecule has 2 aliphatic rings. The van der Waals surface area contributed by atoms with Crippen molar-refractivity contribution in [3.63, 3.8) is 0 Å². The van der Waals surface area contributed by atoms with Gasteiger partial charge in [0.1, 0.15) is 11.6 Å². The summed E-state index contributed by atoms with van der Waals surface area (Å²) in [7, 11) is 1.68. The van der Waals surface area contributed by atoms with Crippen molar-refractivity contribution in [1.82, 2.24) is 14.5 Å². The molecule has 0 bridgehead atoms. The SMILES string of the molecule is COc1cc(/C=C2\CCCN3CC[C@H](c4ccc(F)cc4)ON=C23)ccc1-n1cnc(C)c1. The molecule has 3 aromatic rings. The molecule has 5 rings (SSSR count). The Morgan fingerprint density at radius 3 is 2.76 bits per heavy atom. The van der Waals surface area contributed by atoms with Crippen LogP contribution in [0.2, 0.25) is 0 Å². The lowest BCUT2D eigenvalue weighted by Crippen LogP contribution is -2.37. The van der Waals surface area contributed by atoms with Crippen LogP contribution >= 0.6 is 0 Å². The van der Waals surface area contributed by atoms with Gasteiger partial charge in [0.25, 0.3) is 0 Å². The molecule has 1 aromatic heterocycles. The number of hydrogen-bond donors (Lipinski definition) is 0. The van der Waals surface area contributed by atoms with Crippen molar-refractivity contribution in [3.8, 4) is 11.4 Å². The molecule has 0 unspecified atom stereocenters. The second kappa shape index (κ2) is 9.10. The summed E-state index contributed by atoms with van der Waals surface area (Å²) in [6.45, 7) is 3.77. The number of aromatic nitrogens is 2. The third kappa shape index (κ3) is 4.49.